The quantitative estimate of drug-likeness (QED) is 0.677. The van der Waals surface area contributed by atoms with Crippen LogP contribution in [0.5, 0.6) is 0 Å². The Kier molecular flexibility index (Phi) is 3.14. The summed E-state index contributed by atoms with van der Waals surface area (Å²) in [7, 11) is 0. The molecule has 0 unspecified atom stereocenters. The summed E-state index contributed by atoms with van der Waals surface area (Å²) in [5, 5.41) is 0. The van der Waals surface area contributed by atoms with E-state index in [1.54, 1.807) is 20.8 Å². The number of rotatable bonds is 2. The van der Waals surface area contributed by atoms with E-state index in [0.29, 0.717) is 0 Å². The van der Waals surface area contributed by atoms with Crippen LogP contribution in [0.1, 0.15) is 20.8 Å². The van der Waals surface area contributed by atoms with Crippen molar-refractivity contribution in [3.63, 3.8) is 0 Å². The Bertz CT molecular complexity index is 303. The third kappa shape index (κ3) is 2.44. The van der Waals surface area contributed by atoms with Crippen LogP contribution in [0.4, 0.5) is 4.79 Å². The monoisotopic (exact) mass is 229 g/mol. The number of nitrogens with two attached hydrogens (primary N) is 2. The molecule has 4 N–H and O–H groups in total. The van der Waals surface area contributed by atoms with Crippen molar-refractivity contribution in [3.05, 3.63) is 0 Å². The van der Waals surface area contributed by atoms with Crippen molar-refractivity contribution in [1.82, 2.24) is 4.90 Å². The first kappa shape index (κ1) is 12.8. The Morgan fingerprint density at radius 3 is 2.19 bits per heavy atom. The maximum atomic E-state index is 11.6. The van der Waals surface area contributed by atoms with Crippen LogP contribution in [0.25, 0.3) is 0 Å². The van der Waals surface area contributed by atoms with Gasteiger partial charge in [0.15, 0.2) is 0 Å². The molecule has 16 heavy (non-hydrogen) atoms. The second-order valence-electron chi connectivity index (χ2n) is 5.19. The number of amides is 2. The minimum Gasteiger partial charge on any atom is -0.444 e. The van der Waals surface area contributed by atoms with E-state index in [4.69, 9.17) is 16.2 Å². The zero-order valence-electron chi connectivity index (χ0n) is 9.95. The molecule has 0 aromatic heterocycles. The fraction of sp³-hybridized carbons (Fsp3) is 0.800. The first-order valence-electron chi connectivity index (χ1n) is 5.18. The zero-order chi connectivity index (χ0) is 12.6. The van der Waals surface area contributed by atoms with Gasteiger partial charge >= 0.3 is 6.09 Å². The molecule has 6 nitrogen and oxygen atoms in total. The molecule has 0 aromatic rings. The Hall–Kier alpha value is -1.30. The summed E-state index contributed by atoms with van der Waals surface area (Å²) in [6, 6.07) is 0. The molecule has 1 rings (SSSR count). The van der Waals surface area contributed by atoms with Gasteiger partial charge in [0.2, 0.25) is 5.91 Å². The van der Waals surface area contributed by atoms with Crippen molar-refractivity contribution >= 4 is 12.0 Å². The van der Waals surface area contributed by atoms with Gasteiger partial charge in [-0.15, -0.1) is 0 Å². The third-order valence-electron chi connectivity index (χ3n) is 2.55. The molecule has 0 spiro atoms. The Labute approximate surface area is 94.9 Å². The van der Waals surface area contributed by atoms with Crippen LogP contribution in [-0.2, 0) is 9.53 Å². The smallest absolute Gasteiger partial charge is 0.410 e. The molecule has 92 valence electrons. The molecule has 0 atom stereocenters. The van der Waals surface area contributed by atoms with Gasteiger partial charge in [-0.1, -0.05) is 0 Å². The van der Waals surface area contributed by atoms with Gasteiger partial charge < -0.3 is 21.1 Å². The van der Waals surface area contributed by atoms with E-state index >= 15 is 0 Å². The van der Waals surface area contributed by atoms with E-state index in [0.717, 1.165) is 0 Å². The van der Waals surface area contributed by atoms with E-state index in [2.05, 4.69) is 0 Å². The lowest BCUT2D eigenvalue weighted by atomic mass is 9.79. The topological polar surface area (TPSA) is 98.7 Å². The van der Waals surface area contributed by atoms with Gasteiger partial charge in [-0.2, -0.15) is 0 Å². The Morgan fingerprint density at radius 1 is 1.38 bits per heavy atom. The summed E-state index contributed by atoms with van der Waals surface area (Å²) in [5.74, 6) is -0.463. The molecule has 0 radical (unpaired) electrons. The van der Waals surface area contributed by atoms with Crippen molar-refractivity contribution in [2.45, 2.75) is 26.4 Å². The fourth-order valence-corrected chi connectivity index (χ4v) is 1.53. The second-order valence-corrected chi connectivity index (χ2v) is 5.19. The molecule has 1 heterocycles. The number of likely N-dealkylation sites (tertiary alicyclic amines) is 1. The van der Waals surface area contributed by atoms with Crippen LogP contribution in [0.2, 0.25) is 0 Å². The number of ether oxygens (including phenoxy) is 1. The highest BCUT2D eigenvalue weighted by Crippen LogP contribution is 2.30. The SMILES string of the molecule is CC(C)(C)OC(=O)N1CC(CN)(C(N)=O)C1. The summed E-state index contributed by atoms with van der Waals surface area (Å²) in [6.07, 6.45) is -0.433. The molecule has 6 heteroatoms. The first-order valence-corrected chi connectivity index (χ1v) is 5.18. The highest BCUT2D eigenvalue weighted by Gasteiger charge is 2.50. The number of carbonyl (C=O) groups excluding carboxylic acids is 2. The normalized spacial score (nSPS) is 18.9. The summed E-state index contributed by atoms with van der Waals surface area (Å²) in [4.78, 5) is 24.2. The van der Waals surface area contributed by atoms with Gasteiger partial charge in [0.1, 0.15) is 5.60 Å². The number of hydrogen-bond acceptors (Lipinski definition) is 4. The minimum absolute atomic E-state index is 0.154. The van der Waals surface area contributed by atoms with Crippen LogP contribution in [0, 0.1) is 5.41 Å². The van der Waals surface area contributed by atoms with Crippen LogP contribution in [0.15, 0.2) is 0 Å². The van der Waals surface area contributed by atoms with Crippen LogP contribution < -0.4 is 11.5 Å². The molecule has 1 aliphatic rings. The predicted molar refractivity (Wildman–Crippen MR) is 58.5 cm³/mol. The maximum Gasteiger partial charge on any atom is 0.410 e. The van der Waals surface area contributed by atoms with Crippen LogP contribution >= 0.6 is 0 Å². The van der Waals surface area contributed by atoms with Crippen LogP contribution in [0.3, 0.4) is 0 Å². The van der Waals surface area contributed by atoms with E-state index < -0.39 is 23.0 Å². The van der Waals surface area contributed by atoms with E-state index in [1.807, 2.05) is 0 Å². The van der Waals surface area contributed by atoms with Crippen molar-refractivity contribution in [2.24, 2.45) is 16.9 Å². The Morgan fingerprint density at radius 2 is 1.88 bits per heavy atom. The van der Waals surface area contributed by atoms with E-state index in [1.165, 1.54) is 4.90 Å². The summed E-state index contributed by atoms with van der Waals surface area (Å²) >= 11 is 0. The van der Waals surface area contributed by atoms with E-state index in [9.17, 15) is 9.59 Å². The summed E-state index contributed by atoms with van der Waals surface area (Å²) in [6.45, 7) is 6.00. The van der Waals surface area contributed by atoms with E-state index in [-0.39, 0.29) is 19.6 Å². The van der Waals surface area contributed by atoms with Gasteiger partial charge in [0, 0.05) is 19.6 Å². The number of nitrogens with zero attached hydrogens (tertiary/aromatic N) is 1. The zero-order valence-corrected chi connectivity index (χ0v) is 9.95. The first-order chi connectivity index (χ1) is 7.20. The molecule has 0 bridgehead atoms. The van der Waals surface area contributed by atoms with Crippen LogP contribution in [-0.4, -0.2) is 42.1 Å². The van der Waals surface area contributed by atoms with Gasteiger partial charge in [-0.05, 0) is 20.8 Å². The maximum absolute atomic E-state index is 11.6. The number of primary amides is 1. The molecular formula is C10H19N3O3. The van der Waals surface area contributed by atoms with Gasteiger partial charge in [0.25, 0.3) is 0 Å². The molecule has 0 saturated carbocycles. The number of hydrogen-bond donors (Lipinski definition) is 2. The number of carbonyl (C=O) groups is 2. The highest BCUT2D eigenvalue weighted by atomic mass is 16.6. The molecule has 1 fully saturated rings. The fourth-order valence-electron chi connectivity index (χ4n) is 1.53. The predicted octanol–water partition coefficient (Wildman–Crippen LogP) is -0.332. The molecule has 0 aromatic carbocycles. The molecule has 1 saturated heterocycles. The summed E-state index contributed by atoms with van der Waals surface area (Å²) in [5.41, 5.74) is 9.41. The van der Waals surface area contributed by atoms with Gasteiger partial charge in [-0.25, -0.2) is 4.79 Å². The highest BCUT2D eigenvalue weighted by molar-refractivity contribution is 5.85. The molecular weight excluding hydrogens is 210 g/mol. The molecule has 0 aliphatic carbocycles. The van der Waals surface area contributed by atoms with Crippen molar-refractivity contribution in [1.29, 1.82) is 0 Å². The van der Waals surface area contributed by atoms with Crippen molar-refractivity contribution in [3.8, 4) is 0 Å². The van der Waals surface area contributed by atoms with Gasteiger partial charge in [0.05, 0.1) is 5.41 Å². The lowest BCUT2D eigenvalue weighted by molar-refractivity contribution is -0.136. The minimum atomic E-state index is -0.767. The summed E-state index contributed by atoms with van der Waals surface area (Å²) < 4.78 is 5.15. The third-order valence-corrected chi connectivity index (χ3v) is 2.55. The van der Waals surface area contributed by atoms with Gasteiger partial charge in [-0.3, -0.25) is 4.79 Å². The molecule has 2 amide bonds. The standard InChI is InChI=1S/C10H19N3O3/c1-9(2,3)16-8(15)13-5-10(4-11,6-13)7(12)14/h4-6,11H2,1-3H3,(H2,12,14). The lowest BCUT2D eigenvalue weighted by Gasteiger charge is -2.47. The average Bonchev–Trinajstić information content (AvgIpc) is 1.98. The lowest BCUT2D eigenvalue weighted by Crippen LogP contribution is -2.67. The van der Waals surface area contributed by atoms with Crippen molar-refractivity contribution < 1.29 is 14.3 Å². The van der Waals surface area contributed by atoms with Crippen molar-refractivity contribution in [2.75, 3.05) is 19.6 Å². The average molecular weight is 229 g/mol. The second kappa shape index (κ2) is 3.93. The molecule has 1 aliphatic heterocycles. The largest absolute Gasteiger partial charge is 0.444 e. The Balaban J connectivity index is 2.52.